The molecule has 8 heteroatoms. The second kappa shape index (κ2) is 9.41. The normalized spacial score (nSPS) is 11.8. The van der Waals surface area contributed by atoms with Crippen LogP contribution in [-0.4, -0.2) is 30.4 Å². The van der Waals surface area contributed by atoms with E-state index in [9.17, 15) is 14.4 Å². The molecule has 0 bridgehead atoms. The number of ether oxygens (including phenoxy) is 1. The minimum absolute atomic E-state index is 0.0840. The van der Waals surface area contributed by atoms with E-state index >= 15 is 0 Å². The largest absolute Gasteiger partial charge is 0.459 e. The molecular weight excluding hydrogens is 384 g/mol. The number of carbonyl (C=O) groups excluding carboxylic acids is 3. The van der Waals surface area contributed by atoms with Crippen LogP contribution in [0.4, 0.5) is 5.69 Å². The molecule has 2 rings (SSSR count). The van der Waals surface area contributed by atoms with Gasteiger partial charge in [0.2, 0.25) is 0 Å². The molecule has 28 heavy (non-hydrogen) atoms. The van der Waals surface area contributed by atoms with Crippen molar-refractivity contribution in [2.24, 2.45) is 5.92 Å². The summed E-state index contributed by atoms with van der Waals surface area (Å²) in [5.74, 6) is -1.94. The number of rotatable bonds is 7. The highest BCUT2D eigenvalue weighted by Gasteiger charge is 2.27. The molecule has 1 heterocycles. The Balaban J connectivity index is 1.95. The molecule has 2 aromatic rings. The molecule has 0 radical (unpaired) electrons. The maximum absolute atomic E-state index is 12.4. The van der Waals surface area contributed by atoms with Crippen molar-refractivity contribution in [3.63, 3.8) is 0 Å². The van der Waals surface area contributed by atoms with Gasteiger partial charge in [-0.2, -0.15) is 0 Å². The van der Waals surface area contributed by atoms with Gasteiger partial charge in [0.15, 0.2) is 12.4 Å². The van der Waals surface area contributed by atoms with Crippen molar-refractivity contribution in [2.45, 2.75) is 33.7 Å². The first-order valence-corrected chi connectivity index (χ1v) is 9.14. The summed E-state index contributed by atoms with van der Waals surface area (Å²) in [6.45, 7) is 6.73. The molecule has 0 fully saturated rings. The minimum atomic E-state index is -0.921. The summed E-state index contributed by atoms with van der Waals surface area (Å²) in [7, 11) is 0. The number of amides is 2. The molecular formula is C20H23ClN2O5. The lowest BCUT2D eigenvalue weighted by atomic mass is 10.0. The number of aryl methyl sites for hydroxylation is 2. The first-order valence-electron chi connectivity index (χ1n) is 8.76. The Bertz CT molecular complexity index is 838. The average Bonchev–Trinajstić information content (AvgIpc) is 3.15. The number of nitrogens with one attached hydrogen (secondary N) is 2. The van der Waals surface area contributed by atoms with Crippen LogP contribution in [0.5, 0.6) is 0 Å². The van der Waals surface area contributed by atoms with Crippen molar-refractivity contribution in [1.82, 2.24) is 5.32 Å². The van der Waals surface area contributed by atoms with Crippen molar-refractivity contribution < 1.29 is 23.5 Å². The Kier molecular flexibility index (Phi) is 7.23. The summed E-state index contributed by atoms with van der Waals surface area (Å²) in [5, 5.41) is 5.60. The molecule has 2 amide bonds. The molecule has 0 aliphatic heterocycles. The zero-order valence-electron chi connectivity index (χ0n) is 16.2. The van der Waals surface area contributed by atoms with Crippen molar-refractivity contribution >= 4 is 35.1 Å². The highest BCUT2D eigenvalue weighted by atomic mass is 35.5. The van der Waals surface area contributed by atoms with E-state index in [1.54, 1.807) is 26.0 Å². The van der Waals surface area contributed by atoms with Crippen LogP contribution in [-0.2, 0) is 14.3 Å². The molecule has 1 aromatic heterocycles. The number of furan rings is 1. The van der Waals surface area contributed by atoms with Crippen LogP contribution in [0.25, 0.3) is 0 Å². The van der Waals surface area contributed by atoms with E-state index in [1.165, 1.54) is 12.3 Å². The topological polar surface area (TPSA) is 97.6 Å². The van der Waals surface area contributed by atoms with Gasteiger partial charge >= 0.3 is 5.97 Å². The molecule has 7 nitrogen and oxygen atoms in total. The number of carbonyl (C=O) groups is 3. The summed E-state index contributed by atoms with van der Waals surface area (Å²) in [6, 6.07) is 5.75. The van der Waals surface area contributed by atoms with Gasteiger partial charge in [0.25, 0.3) is 11.8 Å². The fourth-order valence-electron chi connectivity index (χ4n) is 2.59. The summed E-state index contributed by atoms with van der Waals surface area (Å²) in [5.41, 5.74) is 2.24. The molecule has 1 atom stereocenters. The SMILES string of the molecule is Cc1cc(C)c(NC(=O)COC(=O)[C@@H](NC(=O)c2ccco2)C(C)C)c(Cl)c1. The predicted octanol–water partition coefficient (Wildman–Crippen LogP) is 3.49. The fourth-order valence-corrected chi connectivity index (χ4v) is 2.96. The molecule has 1 aromatic carbocycles. The molecule has 0 spiro atoms. The lowest BCUT2D eigenvalue weighted by Gasteiger charge is -2.20. The van der Waals surface area contributed by atoms with Gasteiger partial charge < -0.3 is 19.8 Å². The Morgan fingerprint density at radius 3 is 2.50 bits per heavy atom. The predicted molar refractivity (Wildman–Crippen MR) is 105 cm³/mol. The monoisotopic (exact) mass is 406 g/mol. The number of hydrogen-bond acceptors (Lipinski definition) is 5. The van der Waals surface area contributed by atoms with E-state index in [4.69, 9.17) is 20.8 Å². The van der Waals surface area contributed by atoms with Gasteiger partial charge in [0.05, 0.1) is 17.0 Å². The molecule has 0 aliphatic rings. The van der Waals surface area contributed by atoms with E-state index < -0.39 is 30.4 Å². The summed E-state index contributed by atoms with van der Waals surface area (Å²) in [6.07, 6.45) is 1.36. The van der Waals surface area contributed by atoms with Crippen LogP contribution in [0, 0.1) is 19.8 Å². The van der Waals surface area contributed by atoms with E-state index in [-0.39, 0.29) is 11.7 Å². The van der Waals surface area contributed by atoms with Crippen LogP contribution in [0.1, 0.15) is 35.5 Å². The lowest BCUT2D eigenvalue weighted by Crippen LogP contribution is -2.45. The third kappa shape index (κ3) is 5.60. The third-order valence-electron chi connectivity index (χ3n) is 3.99. The highest BCUT2D eigenvalue weighted by Crippen LogP contribution is 2.27. The van der Waals surface area contributed by atoms with Crippen LogP contribution >= 0.6 is 11.6 Å². The van der Waals surface area contributed by atoms with Gasteiger partial charge in [0, 0.05) is 0 Å². The van der Waals surface area contributed by atoms with Crippen LogP contribution in [0.2, 0.25) is 5.02 Å². The standard InChI is InChI=1S/C20H23ClN2O5/c1-11(2)17(23-19(25)15-6-5-7-27-15)20(26)28-10-16(24)22-18-13(4)8-12(3)9-14(18)21/h5-9,11,17H,10H2,1-4H3,(H,22,24)(H,23,25)/t17-/m0/s1. The molecule has 2 N–H and O–H groups in total. The number of halogens is 1. The number of esters is 1. The van der Waals surface area contributed by atoms with Crippen LogP contribution < -0.4 is 10.6 Å². The lowest BCUT2D eigenvalue weighted by molar-refractivity contribution is -0.150. The maximum atomic E-state index is 12.4. The molecule has 150 valence electrons. The number of hydrogen-bond donors (Lipinski definition) is 2. The Morgan fingerprint density at radius 2 is 1.93 bits per heavy atom. The van der Waals surface area contributed by atoms with Crippen LogP contribution in [0.15, 0.2) is 34.9 Å². The zero-order valence-corrected chi connectivity index (χ0v) is 16.9. The Morgan fingerprint density at radius 1 is 1.21 bits per heavy atom. The van der Waals surface area contributed by atoms with Crippen molar-refractivity contribution in [2.75, 3.05) is 11.9 Å². The smallest absolute Gasteiger partial charge is 0.329 e. The van der Waals surface area contributed by atoms with Crippen molar-refractivity contribution in [1.29, 1.82) is 0 Å². The van der Waals surface area contributed by atoms with E-state index in [1.807, 2.05) is 19.9 Å². The van der Waals surface area contributed by atoms with Crippen molar-refractivity contribution in [3.05, 3.63) is 52.4 Å². The van der Waals surface area contributed by atoms with Gasteiger partial charge in [-0.3, -0.25) is 9.59 Å². The maximum Gasteiger partial charge on any atom is 0.329 e. The quantitative estimate of drug-likeness (QED) is 0.686. The number of benzene rings is 1. The average molecular weight is 407 g/mol. The highest BCUT2D eigenvalue weighted by molar-refractivity contribution is 6.34. The molecule has 0 aliphatic carbocycles. The second-order valence-corrected chi connectivity index (χ2v) is 7.17. The van der Waals surface area contributed by atoms with E-state index in [2.05, 4.69) is 10.6 Å². The third-order valence-corrected chi connectivity index (χ3v) is 4.29. The summed E-state index contributed by atoms with van der Waals surface area (Å²) >= 11 is 6.16. The Labute approximate surface area is 168 Å². The summed E-state index contributed by atoms with van der Waals surface area (Å²) < 4.78 is 10.1. The molecule has 0 unspecified atom stereocenters. The van der Waals surface area contributed by atoms with Gasteiger partial charge in [-0.05, 0) is 49.1 Å². The molecule has 0 saturated carbocycles. The first-order chi connectivity index (χ1) is 13.2. The van der Waals surface area contributed by atoms with Gasteiger partial charge in [-0.25, -0.2) is 4.79 Å². The zero-order chi connectivity index (χ0) is 20.8. The Hall–Kier alpha value is -2.80. The molecule has 0 saturated heterocycles. The van der Waals surface area contributed by atoms with E-state index in [0.717, 1.165) is 11.1 Å². The second-order valence-electron chi connectivity index (χ2n) is 6.77. The van der Waals surface area contributed by atoms with Gasteiger partial charge in [-0.1, -0.05) is 31.5 Å². The fraction of sp³-hybridized carbons (Fsp3) is 0.350. The van der Waals surface area contributed by atoms with E-state index in [0.29, 0.717) is 10.7 Å². The summed E-state index contributed by atoms with van der Waals surface area (Å²) in [4.78, 5) is 36.6. The number of anilines is 1. The van der Waals surface area contributed by atoms with Crippen LogP contribution in [0.3, 0.4) is 0 Å². The first kappa shape index (κ1) is 21.5. The minimum Gasteiger partial charge on any atom is -0.459 e. The van der Waals surface area contributed by atoms with Gasteiger partial charge in [-0.15, -0.1) is 0 Å². The van der Waals surface area contributed by atoms with Gasteiger partial charge in [0.1, 0.15) is 6.04 Å². The van der Waals surface area contributed by atoms with Crippen molar-refractivity contribution in [3.8, 4) is 0 Å².